The highest BCUT2D eigenvalue weighted by atomic mass is 35.5. The van der Waals surface area contributed by atoms with Crippen LogP contribution in [0.15, 0.2) is 58.3 Å². The first-order valence-corrected chi connectivity index (χ1v) is 7.71. The van der Waals surface area contributed by atoms with Gasteiger partial charge in [-0.3, -0.25) is 0 Å². The Morgan fingerprint density at radius 2 is 1.86 bits per heavy atom. The molecule has 0 atom stereocenters. The maximum atomic E-state index is 12.4. The van der Waals surface area contributed by atoms with Crippen molar-refractivity contribution in [2.45, 2.75) is 4.90 Å². The van der Waals surface area contributed by atoms with Crippen molar-refractivity contribution in [3.8, 4) is 11.8 Å². The summed E-state index contributed by atoms with van der Waals surface area (Å²) in [4.78, 5) is -0.421. The van der Waals surface area contributed by atoms with Crippen molar-refractivity contribution < 1.29 is 13.5 Å². The highest BCUT2D eigenvalue weighted by molar-refractivity contribution is 7.95. The first-order valence-electron chi connectivity index (χ1n) is 5.85. The molecule has 0 saturated heterocycles. The summed E-state index contributed by atoms with van der Waals surface area (Å²) in [6.45, 7) is 0. The van der Waals surface area contributed by atoms with Gasteiger partial charge in [0.2, 0.25) is 9.84 Å². The number of halogens is 1. The predicted octanol–water partition coefficient (Wildman–Crippen LogP) is 3.38. The van der Waals surface area contributed by atoms with E-state index < -0.39 is 14.7 Å². The van der Waals surface area contributed by atoms with Gasteiger partial charge in [0.05, 0.1) is 4.90 Å². The Morgan fingerprint density at radius 1 is 1.19 bits per heavy atom. The number of hydrogen-bond donors (Lipinski definition) is 1. The molecule has 21 heavy (non-hydrogen) atoms. The summed E-state index contributed by atoms with van der Waals surface area (Å²) >= 11 is 5.72. The van der Waals surface area contributed by atoms with Crippen LogP contribution in [0.1, 0.15) is 5.56 Å². The fraction of sp³-hybridized carbons (Fsp3) is 0. The molecule has 0 unspecified atom stereocenters. The minimum atomic E-state index is -3.92. The number of allylic oxidation sites excluding steroid dienone is 1. The van der Waals surface area contributed by atoms with Crippen molar-refractivity contribution in [1.29, 1.82) is 5.26 Å². The third kappa shape index (κ3) is 3.43. The van der Waals surface area contributed by atoms with Gasteiger partial charge in [0, 0.05) is 5.02 Å². The molecule has 6 heteroatoms. The largest absolute Gasteiger partial charge is 0.508 e. The molecule has 4 nitrogen and oxygen atoms in total. The molecule has 106 valence electrons. The summed E-state index contributed by atoms with van der Waals surface area (Å²) in [5, 5.41) is 18.9. The lowest BCUT2D eigenvalue weighted by atomic mass is 10.2. The Hall–Kier alpha value is -2.29. The van der Waals surface area contributed by atoms with E-state index in [-0.39, 0.29) is 10.6 Å². The van der Waals surface area contributed by atoms with E-state index in [1.54, 1.807) is 18.2 Å². The van der Waals surface area contributed by atoms with Gasteiger partial charge in [0.1, 0.15) is 16.7 Å². The molecule has 0 radical (unpaired) electrons. The Kier molecular flexibility index (Phi) is 4.32. The predicted molar refractivity (Wildman–Crippen MR) is 80.3 cm³/mol. The van der Waals surface area contributed by atoms with Crippen LogP contribution >= 0.6 is 11.6 Å². The highest BCUT2D eigenvalue weighted by Crippen LogP contribution is 2.23. The van der Waals surface area contributed by atoms with E-state index >= 15 is 0 Å². The van der Waals surface area contributed by atoms with E-state index in [0.29, 0.717) is 10.6 Å². The zero-order valence-corrected chi connectivity index (χ0v) is 12.3. The second-order valence-corrected chi connectivity index (χ2v) is 6.53. The van der Waals surface area contributed by atoms with E-state index in [0.717, 1.165) is 0 Å². The Bertz CT molecular complexity index is 834. The third-order valence-corrected chi connectivity index (χ3v) is 4.62. The van der Waals surface area contributed by atoms with Gasteiger partial charge in [-0.15, -0.1) is 0 Å². The number of phenolic OH excluding ortho intramolecular Hbond substituents is 1. The van der Waals surface area contributed by atoms with E-state index in [2.05, 4.69) is 0 Å². The molecule has 0 aliphatic rings. The second kappa shape index (κ2) is 6.00. The molecule has 0 saturated carbocycles. The number of nitriles is 1. The molecule has 1 N–H and O–H groups in total. The molecule has 2 aromatic rings. The first kappa shape index (κ1) is 15.1. The van der Waals surface area contributed by atoms with Crippen LogP contribution in [0.5, 0.6) is 5.75 Å². The number of phenols is 1. The van der Waals surface area contributed by atoms with Crippen molar-refractivity contribution in [3.63, 3.8) is 0 Å². The maximum absolute atomic E-state index is 12.4. The van der Waals surface area contributed by atoms with Gasteiger partial charge in [-0.25, -0.2) is 8.42 Å². The Morgan fingerprint density at radius 3 is 2.43 bits per heavy atom. The van der Waals surface area contributed by atoms with Crippen LogP contribution in [0.25, 0.3) is 6.08 Å². The minimum absolute atomic E-state index is 0.00932. The quantitative estimate of drug-likeness (QED) is 0.880. The normalized spacial score (nSPS) is 11.9. The zero-order chi connectivity index (χ0) is 15.5. The monoisotopic (exact) mass is 319 g/mol. The lowest BCUT2D eigenvalue weighted by Gasteiger charge is -2.03. The van der Waals surface area contributed by atoms with Crippen LogP contribution in [-0.2, 0) is 9.84 Å². The van der Waals surface area contributed by atoms with Crippen LogP contribution < -0.4 is 0 Å². The molecule has 0 amide bonds. The Labute approximate surface area is 127 Å². The lowest BCUT2D eigenvalue weighted by molar-refractivity contribution is 0.475. The smallest absolute Gasteiger partial charge is 0.216 e. The molecule has 0 spiro atoms. The molecule has 0 aromatic heterocycles. The molecule has 0 fully saturated rings. The van der Waals surface area contributed by atoms with E-state index in [1.807, 2.05) is 0 Å². The second-order valence-electron chi connectivity index (χ2n) is 4.17. The third-order valence-electron chi connectivity index (χ3n) is 2.69. The first-order chi connectivity index (χ1) is 9.93. The van der Waals surface area contributed by atoms with Gasteiger partial charge >= 0.3 is 0 Å². The van der Waals surface area contributed by atoms with Gasteiger partial charge in [0.25, 0.3) is 0 Å². The van der Waals surface area contributed by atoms with Crippen molar-refractivity contribution >= 4 is 27.5 Å². The lowest BCUT2D eigenvalue weighted by Crippen LogP contribution is -2.03. The topological polar surface area (TPSA) is 78.2 Å². The van der Waals surface area contributed by atoms with E-state index in [1.165, 1.54) is 42.5 Å². The molecule has 0 aliphatic heterocycles. The van der Waals surface area contributed by atoms with Gasteiger partial charge in [-0.05, 0) is 48.0 Å². The van der Waals surface area contributed by atoms with E-state index in [9.17, 15) is 13.5 Å². The summed E-state index contributed by atoms with van der Waals surface area (Å²) in [6, 6.07) is 13.2. The Balaban J connectivity index is 2.50. The average molecular weight is 320 g/mol. The van der Waals surface area contributed by atoms with Crippen LogP contribution in [0.4, 0.5) is 0 Å². The number of aromatic hydroxyl groups is 1. The van der Waals surface area contributed by atoms with Gasteiger partial charge in [0.15, 0.2) is 0 Å². The van der Waals surface area contributed by atoms with Gasteiger partial charge in [-0.2, -0.15) is 5.26 Å². The number of hydrogen-bond acceptors (Lipinski definition) is 4. The maximum Gasteiger partial charge on any atom is 0.216 e. The van der Waals surface area contributed by atoms with Gasteiger partial charge < -0.3 is 5.11 Å². The zero-order valence-electron chi connectivity index (χ0n) is 10.7. The number of sulfone groups is 1. The van der Waals surface area contributed by atoms with Crippen LogP contribution in [0.2, 0.25) is 5.02 Å². The summed E-state index contributed by atoms with van der Waals surface area (Å²) in [5.41, 5.74) is 0.420. The fourth-order valence-corrected chi connectivity index (χ4v) is 2.96. The van der Waals surface area contributed by atoms with Crippen molar-refractivity contribution in [2.75, 3.05) is 0 Å². The van der Waals surface area contributed by atoms with Crippen LogP contribution in [0, 0.1) is 11.3 Å². The number of benzene rings is 2. The summed E-state index contributed by atoms with van der Waals surface area (Å²) in [5.74, 6) is -0.00932. The summed E-state index contributed by atoms with van der Waals surface area (Å²) in [7, 11) is -3.92. The molecule has 2 rings (SSSR count). The summed E-state index contributed by atoms with van der Waals surface area (Å²) in [6.07, 6.45) is 1.21. The highest BCUT2D eigenvalue weighted by Gasteiger charge is 2.20. The van der Waals surface area contributed by atoms with Crippen LogP contribution in [0.3, 0.4) is 0 Å². The molecular weight excluding hydrogens is 310 g/mol. The number of rotatable bonds is 3. The SMILES string of the molecule is N#CC(=Cc1cccc(O)c1)S(=O)(=O)c1ccc(Cl)cc1. The minimum Gasteiger partial charge on any atom is -0.508 e. The van der Waals surface area contributed by atoms with Crippen molar-refractivity contribution in [1.82, 2.24) is 0 Å². The van der Waals surface area contributed by atoms with Gasteiger partial charge in [-0.1, -0.05) is 23.7 Å². The average Bonchev–Trinajstić information content (AvgIpc) is 2.45. The fourth-order valence-electron chi connectivity index (χ4n) is 1.68. The number of nitrogens with zero attached hydrogens (tertiary/aromatic N) is 1. The van der Waals surface area contributed by atoms with E-state index in [4.69, 9.17) is 16.9 Å². The molecule has 0 heterocycles. The molecule has 0 bridgehead atoms. The summed E-state index contributed by atoms with van der Waals surface area (Å²) < 4.78 is 24.7. The molecular formula is C15H10ClNO3S. The van der Waals surface area contributed by atoms with Crippen molar-refractivity contribution in [2.24, 2.45) is 0 Å². The molecule has 2 aromatic carbocycles. The van der Waals surface area contributed by atoms with Crippen LogP contribution in [-0.4, -0.2) is 13.5 Å². The molecule has 0 aliphatic carbocycles. The van der Waals surface area contributed by atoms with Crippen molar-refractivity contribution in [3.05, 3.63) is 64.0 Å². The standard InChI is InChI=1S/C15H10ClNO3S/c16-12-4-6-14(7-5-12)21(19,20)15(10-17)9-11-2-1-3-13(18)8-11/h1-9,18H.